The maximum absolute atomic E-state index is 13.0. The Morgan fingerprint density at radius 3 is 2.37 bits per heavy atom. The molecule has 0 saturated carbocycles. The molecule has 2 aromatic carbocycles. The summed E-state index contributed by atoms with van der Waals surface area (Å²) in [5.74, 6) is -0.309. The minimum absolute atomic E-state index is 0.0302. The maximum atomic E-state index is 13.0. The first-order valence-electron chi connectivity index (χ1n) is 11.0. The molecule has 9 nitrogen and oxygen atoms in total. The molecule has 1 amide bonds. The molecule has 0 unspecified atom stereocenters. The fourth-order valence-corrected chi connectivity index (χ4v) is 4.71. The van der Waals surface area contributed by atoms with Crippen LogP contribution in [0.4, 0.5) is 0 Å². The highest BCUT2D eigenvalue weighted by molar-refractivity contribution is 7.89. The minimum atomic E-state index is -3.52. The van der Waals surface area contributed by atoms with Gasteiger partial charge < -0.3 is 18.8 Å². The number of esters is 1. The van der Waals surface area contributed by atoms with E-state index in [4.69, 9.17) is 13.9 Å². The normalized spacial score (nSPS) is 15.5. The van der Waals surface area contributed by atoms with Crippen LogP contribution in [-0.4, -0.2) is 62.9 Å². The number of amides is 1. The van der Waals surface area contributed by atoms with E-state index in [1.807, 2.05) is 24.3 Å². The van der Waals surface area contributed by atoms with E-state index < -0.39 is 22.0 Å². The van der Waals surface area contributed by atoms with E-state index in [-0.39, 0.29) is 36.3 Å². The number of rotatable bonds is 8. The number of sulfonamides is 1. The fourth-order valence-electron chi connectivity index (χ4n) is 3.81. The molecule has 0 fully saturated rings. The molecular formula is C25H26N2O7S. The Labute approximate surface area is 203 Å². The van der Waals surface area contributed by atoms with E-state index in [1.54, 1.807) is 24.3 Å². The third kappa shape index (κ3) is 5.39. The summed E-state index contributed by atoms with van der Waals surface area (Å²) in [6.45, 7) is 0.312. The van der Waals surface area contributed by atoms with Crippen LogP contribution in [0.3, 0.4) is 0 Å². The molecule has 0 N–H and O–H groups in total. The third-order valence-corrected chi connectivity index (χ3v) is 7.54. The van der Waals surface area contributed by atoms with Crippen molar-refractivity contribution >= 4 is 21.9 Å². The zero-order valence-corrected chi connectivity index (χ0v) is 20.2. The molecule has 184 valence electrons. The van der Waals surface area contributed by atoms with Gasteiger partial charge in [0.15, 0.2) is 5.76 Å². The zero-order valence-electron chi connectivity index (χ0n) is 19.4. The van der Waals surface area contributed by atoms with Crippen LogP contribution in [0.25, 0.3) is 0 Å². The first kappa shape index (κ1) is 24.5. The van der Waals surface area contributed by atoms with Gasteiger partial charge in [0.05, 0.1) is 11.2 Å². The average Bonchev–Trinajstić information content (AvgIpc) is 3.40. The number of nitrogens with zero attached hydrogens (tertiary/aromatic N) is 2. The third-order valence-electron chi connectivity index (χ3n) is 5.71. The molecule has 1 atom stereocenters. The van der Waals surface area contributed by atoms with E-state index in [1.165, 1.54) is 37.4 Å². The first-order valence-corrected chi connectivity index (χ1v) is 12.4. The van der Waals surface area contributed by atoms with Gasteiger partial charge >= 0.3 is 5.97 Å². The van der Waals surface area contributed by atoms with Gasteiger partial charge in [-0.15, -0.1) is 0 Å². The Balaban J connectivity index is 1.37. The van der Waals surface area contributed by atoms with Crippen LogP contribution in [0.1, 0.15) is 21.7 Å². The second-order valence-corrected chi connectivity index (χ2v) is 10.3. The highest BCUT2D eigenvalue weighted by atomic mass is 32.2. The lowest BCUT2D eigenvalue weighted by Gasteiger charge is -2.34. The van der Waals surface area contributed by atoms with Gasteiger partial charge in [-0.1, -0.05) is 24.3 Å². The molecule has 0 bridgehead atoms. The van der Waals surface area contributed by atoms with Gasteiger partial charge in [0, 0.05) is 27.1 Å². The molecule has 4 rings (SSSR count). The van der Waals surface area contributed by atoms with E-state index in [9.17, 15) is 18.0 Å². The Morgan fingerprint density at radius 1 is 1.00 bits per heavy atom. The second-order valence-electron chi connectivity index (χ2n) is 8.17. The van der Waals surface area contributed by atoms with Crippen LogP contribution in [-0.2, 0) is 32.5 Å². The highest BCUT2D eigenvalue weighted by Crippen LogP contribution is 2.26. The van der Waals surface area contributed by atoms with Crippen LogP contribution in [0.5, 0.6) is 5.75 Å². The summed E-state index contributed by atoms with van der Waals surface area (Å²) in [6, 6.07) is 16.0. The molecular weight excluding hydrogens is 472 g/mol. The van der Waals surface area contributed by atoms with Gasteiger partial charge in [0.25, 0.3) is 5.91 Å². The highest BCUT2D eigenvalue weighted by Gasteiger charge is 2.37. The lowest BCUT2D eigenvalue weighted by Crippen LogP contribution is -2.49. The molecule has 1 aliphatic rings. The Bertz CT molecular complexity index is 1290. The summed E-state index contributed by atoms with van der Waals surface area (Å²) in [4.78, 5) is 27.6. The van der Waals surface area contributed by atoms with Crippen molar-refractivity contribution in [1.82, 2.24) is 9.21 Å². The van der Waals surface area contributed by atoms with Crippen molar-refractivity contribution in [2.75, 3.05) is 27.3 Å². The largest absolute Gasteiger partial charge is 0.490 e. The van der Waals surface area contributed by atoms with Crippen molar-refractivity contribution in [3.63, 3.8) is 0 Å². The summed E-state index contributed by atoms with van der Waals surface area (Å²) >= 11 is 0. The van der Waals surface area contributed by atoms with Crippen molar-refractivity contribution in [3.8, 4) is 5.75 Å². The molecule has 0 saturated heterocycles. The van der Waals surface area contributed by atoms with Crippen molar-refractivity contribution in [1.29, 1.82) is 0 Å². The number of hydrogen-bond acceptors (Lipinski definition) is 7. The number of ether oxygens (including phenoxy) is 2. The first-order chi connectivity index (χ1) is 16.8. The summed E-state index contributed by atoms with van der Waals surface area (Å²) in [5.41, 5.74) is 1.96. The van der Waals surface area contributed by atoms with Crippen molar-refractivity contribution in [3.05, 3.63) is 83.8 Å². The van der Waals surface area contributed by atoms with Crippen molar-refractivity contribution in [2.24, 2.45) is 0 Å². The SMILES string of the molecule is CN(C)S(=O)(=O)c1ccc(OCCOC(=O)[C@@H]2Cc3ccccc3CN2C(=O)c2ccco2)cc1. The lowest BCUT2D eigenvalue weighted by atomic mass is 9.93. The van der Waals surface area contributed by atoms with E-state index in [0.717, 1.165) is 15.4 Å². The Hall–Kier alpha value is -3.63. The van der Waals surface area contributed by atoms with Crippen LogP contribution in [0.15, 0.2) is 76.2 Å². The molecule has 0 radical (unpaired) electrons. The number of furan rings is 1. The monoisotopic (exact) mass is 498 g/mol. The molecule has 1 aromatic heterocycles. The smallest absolute Gasteiger partial charge is 0.329 e. The molecule has 35 heavy (non-hydrogen) atoms. The minimum Gasteiger partial charge on any atom is -0.490 e. The standard InChI is InChI=1S/C25H26N2O7S/c1-26(2)35(30,31)21-11-9-20(10-12-21)32-14-15-34-25(29)22-16-18-6-3-4-7-19(18)17-27(22)24(28)23-8-5-13-33-23/h3-13,22H,14-17H2,1-2H3/t22-/m0/s1. The quantitative estimate of drug-likeness (QED) is 0.347. The summed E-state index contributed by atoms with van der Waals surface area (Å²) in [6.07, 6.45) is 1.75. The lowest BCUT2D eigenvalue weighted by molar-refractivity contribution is -0.150. The predicted octanol–water partition coefficient (Wildman–Crippen LogP) is 2.72. The topological polar surface area (TPSA) is 106 Å². The van der Waals surface area contributed by atoms with E-state index in [2.05, 4.69) is 0 Å². The van der Waals surface area contributed by atoms with Crippen LogP contribution in [0.2, 0.25) is 0 Å². The van der Waals surface area contributed by atoms with Gasteiger partial charge in [-0.3, -0.25) is 4.79 Å². The number of fused-ring (bicyclic) bond motifs is 1. The van der Waals surface area contributed by atoms with Crippen molar-refractivity contribution in [2.45, 2.75) is 23.9 Å². The second kappa shape index (κ2) is 10.3. The summed E-state index contributed by atoms with van der Waals surface area (Å²) in [7, 11) is -0.602. The van der Waals surface area contributed by atoms with Gasteiger partial charge in [0.1, 0.15) is 25.0 Å². The maximum Gasteiger partial charge on any atom is 0.329 e. The predicted molar refractivity (Wildman–Crippen MR) is 126 cm³/mol. The molecule has 10 heteroatoms. The van der Waals surface area contributed by atoms with Crippen molar-refractivity contribution < 1.29 is 31.9 Å². The van der Waals surface area contributed by atoms with Crippen LogP contribution in [0, 0.1) is 0 Å². The molecule has 3 aromatic rings. The number of benzene rings is 2. The molecule has 0 aliphatic carbocycles. The summed E-state index contributed by atoms with van der Waals surface area (Å²) < 4.78 is 41.7. The van der Waals surface area contributed by atoms with Gasteiger partial charge in [-0.25, -0.2) is 17.5 Å². The molecule has 2 heterocycles. The number of carbonyl (C=O) groups excluding carboxylic acids is 2. The molecule has 0 spiro atoms. The van der Waals surface area contributed by atoms with E-state index in [0.29, 0.717) is 12.2 Å². The number of hydrogen-bond donors (Lipinski definition) is 0. The Kier molecular flexibility index (Phi) is 7.23. The molecule has 1 aliphatic heterocycles. The Morgan fingerprint density at radius 2 is 1.71 bits per heavy atom. The average molecular weight is 499 g/mol. The van der Waals surface area contributed by atoms with Gasteiger partial charge in [-0.05, 0) is 47.5 Å². The fraction of sp³-hybridized carbons (Fsp3) is 0.280. The van der Waals surface area contributed by atoms with Gasteiger partial charge in [0.2, 0.25) is 10.0 Å². The van der Waals surface area contributed by atoms with Crippen LogP contribution < -0.4 is 4.74 Å². The zero-order chi connectivity index (χ0) is 25.0. The van der Waals surface area contributed by atoms with Gasteiger partial charge in [-0.2, -0.15) is 0 Å². The summed E-state index contributed by atoms with van der Waals surface area (Å²) in [5, 5.41) is 0. The number of carbonyl (C=O) groups is 2. The van der Waals surface area contributed by atoms with E-state index >= 15 is 0 Å². The van der Waals surface area contributed by atoms with Crippen LogP contribution >= 0.6 is 0 Å².